The van der Waals surface area contributed by atoms with Crippen LogP contribution in [-0.2, 0) is 11.8 Å². The number of aryl methyl sites for hydroxylation is 2. The summed E-state index contributed by atoms with van der Waals surface area (Å²) in [5.41, 5.74) is 2.12. The second kappa shape index (κ2) is 7.66. The third kappa shape index (κ3) is 4.07. The zero-order valence-electron chi connectivity index (χ0n) is 14.3. The normalized spacial score (nSPS) is 11.8. The van der Waals surface area contributed by atoms with Crippen LogP contribution in [0.1, 0.15) is 23.0 Å². The van der Waals surface area contributed by atoms with Crippen LogP contribution in [0.2, 0.25) is 0 Å². The molecular formula is C20H21N3O2. The molecule has 128 valence electrons. The summed E-state index contributed by atoms with van der Waals surface area (Å²) in [4.78, 5) is 16.9. The third-order valence-corrected chi connectivity index (χ3v) is 4.03. The summed E-state index contributed by atoms with van der Waals surface area (Å²) in [5, 5.41) is 3.04. The van der Waals surface area contributed by atoms with Crippen molar-refractivity contribution in [1.82, 2.24) is 14.9 Å². The minimum atomic E-state index is -0.326. The zero-order chi connectivity index (χ0) is 17.6. The van der Waals surface area contributed by atoms with E-state index in [2.05, 4.69) is 10.3 Å². The van der Waals surface area contributed by atoms with Gasteiger partial charge in [-0.3, -0.25) is 4.79 Å². The van der Waals surface area contributed by atoms with E-state index in [0.717, 1.165) is 17.0 Å². The molecule has 0 fully saturated rings. The lowest BCUT2D eigenvalue weighted by atomic mass is 10.0. The maximum atomic E-state index is 12.4. The first-order chi connectivity index (χ1) is 12.1. The van der Waals surface area contributed by atoms with Crippen molar-refractivity contribution in [2.45, 2.75) is 13.0 Å². The van der Waals surface area contributed by atoms with Gasteiger partial charge in [0.25, 0.3) is 5.91 Å². The Balaban J connectivity index is 1.77. The van der Waals surface area contributed by atoms with Crippen LogP contribution in [0.15, 0.2) is 67.0 Å². The average Bonchev–Trinajstić information content (AvgIpc) is 3.05. The second-order valence-corrected chi connectivity index (χ2v) is 5.86. The number of hydrogen-bond acceptors (Lipinski definition) is 3. The summed E-state index contributed by atoms with van der Waals surface area (Å²) >= 11 is 0. The van der Waals surface area contributed by atoms with Crippen molar-refractivity contribution >= 4 is 5.91 Å². The lowest BCUT2D eigenvalue weighted by Gasteiger charge is -2.21. The van der Waals surface area contributed by atoms with Gasteiger partial charge in [0.1, 0.15) is 17.6 Å². The molecule has 1 heterocycles. The lowest BCUT2D eigenvalue weighted by Crippen LogP contribution is -2.34. The molecule has 25 heavy (non-hydrogen) atoms. The topological polar surface area (TPSA) is 56.1 Å². The molecule has 5 nitrogen and oxygen atoms in total. The van der Waals surface area contributed by atoms with Gasteiger partial charge in [-0.05, 0) is 30.2 Å². The fraction of sp³-hybridized carbons (Fsp3) is 0.200. The smallest absolute Gasteiger partial charge is 0.258 e. The average molecular weight is 335 g/mol. The minimum absolute atomic E-state index is 0.0448. The molecule has 1 amide bonds. The standard InChI is InChI=1S/C20H21N3O2/c1-15-8-6-7-11-17(15)19(20-21-12-13-23(20)2)22-18(24)14-25-16-9-4-3-5-10-16/h3-13,19H,14H2,1-2H3,(H,22,24). The summed E-state index contributed by atoms with van der Waals surface area (Å²) in [5.74, 6) is 1.25. The van der Waals surface area contributed by atoms with Gasteiger partial charge in [0, 0.05) is 19.4 Å². The van der Waals surface area contributed by atoms with Gasteiger partial charge < -0.3 is 14.6 Å². The molecule has 2 aromatic carbocycles. The number of amides is 1. The number of ether oxygens (including phenoxy) is 1. The van der Waals surface area contributed by atoms with E-state index >= 15 is 0 Å². The van der Waals surface area contributed by atoms with Crippen LogP contribution < -0.4 is 10.1 Å². The van der Waals surface area contributed by atoms with Crippen molar-refractivity contribution in [1.29, 1.82) is 0 Å². The minimum Gasteiger partial charge on any atom is -0.484 e. The van der Waals surface area contributed by atoms with Gasteiger partial charge in [-0.25, -0.2) is 4.98 Å². The maximum absolute atomic E-state index is 12.4. The van der Waals surface area contributed by atoms with E-state index < -0.39 is 0 Å². The van der Waals surface area contributed by atoms with Gasteiger partial charge in [-0.15, -0.1) is 0 Å². The van der Waals surface area contributed by atoms with Crippen LogP contribution >= 0.6 is 0 Å². The summed E-state index contributed by atoms with van der Waals surface area (Å²) in [6.07, 6.45) is 3.60. The molecule has 1 atom stereocenters. The highest BCUT2D eigenvalue weighted by Crippen LogP contribution is 2.23. The molecule has 1 unspecified atom stereocenters. The lowest BCUT2D eigenvalue weighted by molar-refractivity contribution is -0.123. The molecule has 3 aromatic rings. The van der Waals surface area contributed by atoms with Crippen molar-refractivity contribution in [2.75, 3.05) is 6.61 Å². The van der Waals surface area contributed by atoms with Crippen molar-refractivity contribution in [3.05, 3.63) is 83.9 Å². The molecule has 3 rings (SSSR count). The quantitative estimate of drug-likeness (QED) is 0.753. The molecule has 0 aliphatic heterocycles. The van der Waals surface area contributed by atoms with Gasteiger partial charge in [0.15, 0.2) is 6.61 Å². The number of carbonyl (C=O) groups is 1. The van der Waals surface area contributed by atoms with Gasteiger partial charge in [-0.1, -0.05) is 42.5 Å². The van der Waals surface area contributed by atoms with Gasteiger partial charge in [0.05, 0.1) is 0 Å². The second-order valence-electron chi connectivity index (χ2n) is 5.86. The summed E-state index contributed by atoms with van der Waals surface area (Å²) in [6.45, 7) is 1.98. The first-order valence-corrected chi connectivity index (χ1v) is 8.15. The highest BCUT2D eigenvalue weighted by atomic mass is 16.5. The highest BCUT2D eigenvalue weighted by Gasteiger charge is 2.22. The van der Waals surface area contributed by atoms with E-state index in [1.54, 1.807) is 6.20 Å². The monoisotopic (exact) mass is 335 g/mol. The molecule has 0 radical (unpaired) electrons. The molecule has 1 N–H and O–H groups in total. The van der Waals surface area contributed by atoms with E-state index in [1.165, 1.54) is 0 Å². The number of nitrogens with zero attached hydrogens (tertiary/aromatic N) is 2. The van der Waals surface area contributed by atoms with E-state index in [-0.39, 0.29) is 18.6 Å². The highest BCUT2D eigenvalue weighted by molar-refractivity contribution is 5.78. The van der Waals surface area contributed by atoms with E-state index in [4.69, 9.17) is 4.74 Å². The molecule has 0 aliphatic carbocycles. The number of rotatable bonds is 6. The molecule has 0 spiro atoms. The van der Waals surface area contributed by atoms with Gasteiger partial charge >= 0.3 is 0 Å². The number of benzene rings is 2. The number of para-hydroxylation sites is 1. The Hall–Kier alpha value is -3.08. The predicted octanol–water partition coefficient (Wildman–Crippen LogP) is 3.01. The Bertz CT molecular complexity index is 843. The van der Waals surface area contributed by atoms with Crippen LogP contribution in [0.5, 0.6) is 5.75 Å². The third-order valence-electron chi connectivity index (χ3n) is 4.03. The molecule has 0 bridgehead atoms. The Labute approximate surface area is 147 Å². The van der Waals surface area contributed by atoms with Crippen molar-refractivity contribution in [3.63, 3.8) is 0 Å². The fourth-order valence-corrected chi connectivity index (χ4v) is 2.72. The number of aromatic nitrogens is 2. The van der Waals surface area contributed by atoms with Crippen LogP contribution in [-0.4, -0.2) is 22.1 Å². The van der Waals surface area contributed by atoms with Crippen molar-refractivity contribution < 1.29 is 9.53 Å². The number of nitrogens with one attached hydrogen (secondary N) is 1. The summed E-state index contributed by atoms with van der Waals surface area (Å²) in [6, 6.07) is 16.9. The van der Waals surface area contributed by atoms with Gasteiger partial charge in [-0.2, -0.15) is 0 Å². The predicted molar refractivity (Wildman–Crippen MR) is 96.3 cm³/mol. The number of imidazole rings is 1. The molecule has 0 aliphatic rings. The number of carbonyl (C=O) groups excluding carboxylic acids is 1. The number of hydrogen-bond donors (Lipinski definition) is 1. The van der Waals surface area contributed by atoms with Crippen LogP contribution in [0.4, 0.5) is 0 Å². The van der Waals surface area contributed by atoms with E-state index in [9.17, 15) is 4.79 Å². The van der Waals surface area contributed by atoms with Crippen molar-refractivity contribution in [2.24, 2.45) is 7.05 Å². The first-order valence-electron chi connectivity index (χ1n) is 8.15. The van der Waals surface area contributed by atoms with Crippen LogP contribution in [0.3, 0.4) is 0 Å². The molecule has 1 aromatic heterocycles. The fourth-order valence-electron chi connectivity index (χ4n) is 2.72. The molecule has 0 saturated heterocycles. The Kier molecular flexibility index (Phi) is 5.14. The Morgan fingerprint density at radius 3 is 2.56 bits per heavy atom. The van der Waals surface area contributed by atoms with E-state index in [0.29, 0.717) is 5.75 Å². The molecule has 5 heteroatoms. The SMILES string of the molecule is Cc1ccccc1C(NC(=O)COc1ccccc1)c1nccn1C. The van der Waals surface area contributed by atoms with E-state index in [1.807, 2.05) is 79.3 Å². The summed E-state index contributed by atoms with van der Waals surface area (Å²) in [7, 11) is 1.92. The molecular weight excluding hydrogens is 314 g/mol. The van der Waals surface area contributed by atoms with Gasteiger partial charge in [0.2, 0.25) is 0 Å². The maximum Gasteiger partial charge on any atom is 0.258 e. The van der Waals surface area contributed by atoms with Crippen LogP contribution in [0.25, 0.3) is 0 Å². The Morgan fingerprint density at radius 1 is 1.16 bits per heavy atom. The first kappa shape index (κ1) is 16.8. The van der Waals surface area contributed by atoms with Crippen LogP contribution in [0, 0.1) is 6.92 Å². The molecule has 0 saturated carbocycles. The van der Waals surface area contributed by atoms with Crippen molar-refractivity contribution in [3.8, 4) is 5.75 Å². The summed E-state index contributed by atoms with van der Waals surface area (Å²) < 4.78 is 7.46. The zero-order valence-corrected chi connectivity index (χ0v) is 14.3. The largest absolute Gasteiger partial charge is 0.484 e. The Morgan fingerprint density at radius 2 is 1.88 bits per heavy atom.